The average Bonchev–Trinajstić information content (AvgIpc) is 2.44. The van der Waals surface area contributed by atoms with Gasteiger partial charge in [-0.05, 0) is 62.4 Å². The van der Waals surface area contributed by atoms with Gasteiger partial charge in [0.25, 0.3) is 0 Å². The van der Waals surface area contributed by atoms with E-state index < -0.39 is 0 Å². The number of hydrogen-bond acceptors (Lipinski definition) is 2. The molecule has 0 aliphatic heterocycles. The molecule has 1 heterocycles. The lowest BCUT2D eigenvalue weighted by Crippen LogP contribution is -2.17. The molecule has 0 fully saturated rings. The molecular weight excluding hydrogens is 232 g/mol. The zero-order valence-electron chi connectivity index (χ0n) is 11.9. The number of benzene rings is 1. The lowest BCUT2D eigenvalue weighted by molar-refractivity contribution is 0.651. The van der Waals surface area contributed by atoms with Gasteiger partial charge in [0, 0.05) is 17.6 Å². The Labute approximate surface area is 115 Å². The summed E-state index contributed by atoms with van der Waals surface area (Å²) in [4.78, 5) is 4.90. The Morgan fingerprint density at radius 2 is 2.05 bits per heavy atom. The third-order valence-corrected chi connectivity index (χ3v) is 4.09. The molecule has 100 valence electrons. The monoisotopic (exact) mass is 254 g/mol. The van der Waals surface area contributed by atoms with Crippen molar-refractivity contribution >= 4 is 10.9 Å². The third-order valence-electron chi connectivity index (χ3n) is 4.09. The second-order valence-corrected chi connectivity index (χ2v) is 5.52. The molecule has 1 aromatic heterocycles. The minimum Gasteiger partial charge on any atom is -0.313 e. The number of hydrogen-bond donors (Lipinski definition) is 1. The largest absolute Gasteiger partial charge is 0.313 e. The zero-order valence-corrected chi connectivity index (χ0v) is 11.9. The molecule has 3 rings (SSSR count). The molecule has 0 amide bonds. The second kappa shape index (κ2) is 5.30. The number of rotatable bonds is 3. The van der Waals surface area contributed by atoms with E-state index in [2.05, 4.69) is 37.4 Å². The van der Waals surface area contributed by atoms with E-state index in [-0.39, 0.29) is 0 Å². The van der Waals surface area contributed by atoms with E-state index in [1.807, 2.05) is 0 Å². The predicted molar refractivity (Wildman–Crippen MR) is 80.5 cm³/mol. The van der Waals surface area contributed by atoms with Gasteiger partial charge in [-0.1, -0.05) is 18.6 Å². The van der Waals surface area contributed by atoms with Crippen LogP contribution >= 0.6 is 0 Å². The second-order valence-electron chi connectivity index (χ2n) is 5.52. The normalized spacial score (nSPS) is 14.6. The van der Waals surface area contributed by atoms with Crippen molar-refractivity contribution in [2.75, 3.05) is 6.54 Å². The number of nitrogens with one attached hydrogen (secondary N) is 1. The maximum atomic E-state index is 4.90. The highest BCUT2D eigenvalue weighted by Gasteiger charge is 2.17. The van der Waals surface area contributed by atoms with E-state index in [0.717, 1.165) is 19.5 Å². The first kappa shape index (κ1) is 12.6. The zero-order chi connectivity index (χ0) is 13.2. The molecule has 19 heavy (non-hydrogen) atoms. The molecule has 1 aromatic carbocycles. The van der Waals surface area contributed by atoms with E-state index in [0.29, 0.717) is 0 Å². The molecule has 2 heteroatoms. The first-order valence-corrected chi connectivity index (χ1v) is 7.41. The van der Waals surface area contributed by atoms with Crippen LogP contribution in [0.25, 0.3) is 10.9 Å². The average molecular weight is 254 g/mol. The van der Waals surface area contributed by atoms with Crippen LogP contribution in [0.1, 0.15) is 42.1 Å². The van der Waals surface area contributed by atoms with Crippen molar-refractivity contribution in [3.05, 3.63) is 40.6 Å². The fourth-order valence-electron chi connectivity index (χ4n) is 3.09. The third kappa shape index (κ3) is 2.37. The van der Waals surface area contributed by atoms with Crippen LogP contribution in [0.5, 0.6) is 0 Å². The molecule has 0 saturated heterocycles. The summed E-state index contributed by atoms with van der Waals surface area (Å²) in [5, 5.41) is 4.85. The maximum absolute atomic E-state index is 4.90. The van der Waals surface area contributed by atoms with Crippen LogP contribution in [0, 0.1) is 6.92 Å². The van der Waals surface area contributed by atoms with Gasteiger partial charge in [-0.25, -0.2) is 0 Å². The van der Waals surface area contributed by atoms with Crippen LogP contribution in [0.4, 0.5) is 0 Å². The van der Waals surface area contributed by atoms with Crippen molar-refractivity contribution in [1.29, 1.82) is 0 Å². The van der Waals surface area contributed by atoms with E-state index in [9.17, 15) is 0 Å². The van der Waals surface area contributed by atoms with Crippen LogP contribution in [0.2, 0.25) is 0 Å². The van der Waals surface area contributed by atoms with Gasteiger partial charge in [0.15, 0.2) is 0 Å². The summed E-state index contributed by atoms with van der Waals surface area (Å²) in [5.74, 6) is 0. The molecule has 1 aliphatic carbocycles. The summed E-state index contributed by atoms with van der Waals surface area (Å²) in [6, 6.07) is 6.64. The standard InChI is InChI=1S/C17H22N2/c1-3-18-11-15-13-6-4-5-7-16(13)19-17-9-8-12(2)10-14(15)17/h8-10,18H,3-7,11H2,1-2H3. The van der Waals surface area contributed by atoms with E-state index >= 15 is 0 Å². The number of fused-ring (bicyclic) bond motifs is 2. The molecule has 0 spiro atoms. The molecule has 1 N–H and O–H groups in total. The van der Waals surface area contributed by atoms with Crippen molar-refractivity contribution in [1.82, 2.24) is 10.3 Å². The quantitative estimate of drug-likeness (QED) is 0.906. The van der Waals surface area contributed by atoms with E-state index in [1.165, 1.54) is 52.5 Å². The minimum atomic E-state index is 0.974. The number of aromatic nitrogens is 1. The van der Waals surface area contributed by atoms with Crippen molar-refractivity contribution in [2.24, 2.45) is 0 Å². The highest BCUT2D eigenvalue weighted by Crippen LogP contribution is 2.29. The topological polar surface area (TPSA) is 24.9 Å². The molecule has 0 radical (unpaired) electrons. The fourth-order valence-corrected chi connectivity index (χ4v) is 3.09. The lowest BCUT2D eigenvalue weighted by Gasteiger charge is -2.21. The first-order chi connectivity index (χ1) is 9.29. The smallest absolute Gasteiger partial charge is 0.0708 e. The molecule has 0 atom stereocenters. The Kier molecular flexibility index (Phi) is 3.52. The highest BCUT2D eigenvalue weighted by atomic mass is 14.8. The van der Waals surface area contributed by atoms with Crippen LogP contribution < -0.4 is 5.32 Å². The van der Waals surface area contributed by atoms with Crippen molar-refractivity contribution in [3.63, 3.8) is 0 Å². The van der Waals surface area contributed by atoms with Gasteiger partial charge in [-0.2, -0.15) is 0 Å². The Bertz CT molecular complexity index is 602. The van der Waals surface area contributed by atoms with Gasteiger partial charge in [0.2, 0.25) is 0 Å². The predicted octanol–water partition coefficient (Wildman–Crippen LogP) is 3.53. The minimum absolute atomic E-state index is 0.974. The Hall–Kier alpha value is -1.41. The van der Waals surface area contributed by atoms with Crippen LogP contribution in [-0.2, 0) is 19.4 Å². The number of aryl methyl sites for hydroxylation is 2. The Balaban J connectivity index is 2.21. The molecule has 1 aliphatic rings. The Morgan fingerprint density at radius 3 is 2.89 bits per heavy atom. The molecule has 2 nitrogen and oxygen atoms in total. The highest BCUT2D eigenvalue weighted by molar-refractivity contribution is 5.84. The van der Waals surface area contributed by atoms with Crippen LogP contribution in [-0.4, -0.2) is 11.5 Å². The van der Waals surface area contributed by atoms with Gasteiger partial charge < -0.3 is 5.32 Å². The van der Waals surface area contributed by atoms with Crippen LogP contribution in [0.3, 0.4) is 0 Å². The molecule has 0 saturated carbocycles. The number of nitrogens with zero attached hydrogens (tertiary/aromatic N) is 1. The summed E-state index contributed by atoms with van der Waals surface area (Å²) in [6.07, 6.45) is 4.95. The van der Waals surface area contributed by atoms with Gasteiger partial charge in [-0.3, -0.25) is 4.98 Å². The van der Waals surface area contributed by atoms with E-state index in [1.54, 1.807) is 0 Å². The molecule has 0 unspecified atom stereocenters. The summed E-state index contributed by atoms with van der Waals surface area (Å²) in [6.45, 7) is 6.32. The SMILES string of the molecule is CCNCc1c2c(nc3ccc(C)cc13)CCCC2. The summed E-state index contributed by atoms with van der Waals surface area (Å²) in [5.41, 5.74) is 6.84. The van der Waals surface area contributed by atoms with Gasteiger partial charge in [0.1, 0.15) is 0 Å². The summed E-state index contributed by atoms with van der Waals surface area (Å²) < 4.78 is 0. The molecule has 2 aromatic rings. The molecule has 0 bridgehead atoms. The van der Waals surface area contributed by atoms with Gasteiger partial charge in [0.05, 0.1) is 5.52 Å². The van der Waals surface area contributed by atoms with Crippen LogP contribution in [0.15, 0.2) is 18.2 Å². The number of pyridine rings is 1. The van der Waals surface area contributed by atoms with E-state index in [4.69, 9.17) is 4.98 Å². The summed E-state index contributed by atoms with van der Waals surface area (Å²) in [7, 11) is 0. The van der Waals surface area contributed by atoms with Gasteiger partial charge >= 0.3 is 0 Å². The Morgan fingerprint density at radius 1 is 1.21 bits per heavy atom. The van der Waals surface area contributed by atoms with Gasteiger partial charge in [-0.15, -0.1) is 0 Å². The molecular formula is C17H22N2. The van der Waals surface area contributed by atoms with Crippen molar-refractivity contribution in [2.45, 2.75) is 46.1 Å². The van der Waals surface area contributed by atoms with Crippen molar-refractivity contribution in [3.8, 4) is 0 Å². The maximum Gasteiger partial charge on any atom is 0.0708 e. The fraction of sp³-hybridized carbons (Fsp3) is 0.471. The van der Waals surface area contributed by atoms with Crippen molar-refractivity contribution < 1.29 is 0 Å². The summed E-state index contributed by atoms with van der Waals surface area (Å²) >= 11 is 0. The lowest BCUT2D eigenvalue weighted by atomic mass is 9.89. The first-order valence-electron chi connectivity index (χ1n) is 7.41.